The fourth-order valence-electron chi connectivity index (χ4n) is 3.56. The van der Waals surface area contributed by atoms with Gasteiger partial charge in [-0.05, 0) is 48.5 Å². The van der Waals surface area contributed by atoms with Gasteiger partial charge in [0.25, 0.3) is 0 Å². The summed E-state index contributed by atoms with van der Waals surface area (Å²) in [5, 5.41) is 5.12. The summed E-state index contributed by atoms with van der Waals surface area (Å²) in [6.45, 7) is 6.08. The lowest BCUT2D eigenvalue weighted by Gasteiger charge is -2.37. The third-order valence-corrected chi connectivity index (χ3v) is 5.57. The first kappa shape index (κ1) is 19.3. The average molecular weight is 409 g/mol. The zero-order valence-electron chi connectivity index (χ0n) is 16.6. The fourth-order valence-corrected chi connectivity index (χ4v) is 3.81. The van der Waals surface area contributed by atoms with Gasteiger partial charge in [0.1, 0.15) is 17.9 Å². The number of methoxy groups -OCH3 is 1. The highest BCUT2D eigenvalue weighted by molar-refractivity contribution is 7.80. The second-order valence-corrected chi connectivity index (χ2v) is 7.42. The lowest BCUT2D eigenvalue weighted by atomic mass is 10.1. The van der Waals surface area contributed by atoms with Crippen molar-refractivity contribution < 1.29 is 4.74 Å². The van der Waals surface area contributed by atoms with E-state index in [4.69, 9.17) is 17.0 Å². The number of rotatable bonds is 4. The summed E-state index contributed by atoms with van der Waals surface area (Å²) in [6.07, 6.45) is 5.26. The number of aryl methyl sites for hydroxylation is 1. The van der Waals surface area contributed by atoms with Crippen molar-refractivity contribution in [2.75, 3.05) is 38.2 Å². The number of benzene rings is 1. The van der Waals surface area contributed by atoms with Gasteiger partial charge in [-0.15, -0.1) is 0 Å². The largest absolute Gasteiger partial charge is 0.496 e. The summed E-state index contributed by atoms with van der Waals surface area (Å²) in [5.74, 6) is 1.80. The predicted octanol–water partition coefficient (Wildman–Crippen LogP) is 2.54. The molecule has 0 unspecified atom stereocenters. The summed E-state index contributed by atoms with van der Waals surface area (Å²) in [5.41, 5.74) is 3.12. The van der Waals surface area contributed by atoms with Crippen LogP contribution in [0, 0.1) is 6.92 Å². The fraction of sp³-hybridized carbons (Fsp3) is 0.333. The second-order valence-electron chi connectivity index (χ2n) is 7.03. The summed E-state index contributed by atoms with van der Waals surface area (Å²) in [7, 11) is 1.69. The third-order valence-electron chi connectivity index (χ3n) is 5.16. The maximum atomic E-state index is 5.59. The number of aromatic nitrogens is 3. The van der Waals surface area contributed by atoms with Crippen LogP contribution in [-0.2, 0) is 6.54 Å². The summed E-state index contributed by atoms with van der Waals surface area (Å²) < 4.78 is 5.50. The molecule has 0 spiro atoms. The Morgan fingerprint density at radius 1 is 1.21 bits per heavy atom. The normalized spacial score (nSPS) is 14.1. The Labute approximate surface area is 175 Å². The maximum absolute atomic E-state index is 5.59. The molecule has 0 saturated carbocycles. The molecule has 3 heterocycles. The molecule has 1 aliphatic heterocycles. The van der Waals surface area contributed by atoms with Crippen molar-refractivity contribution in [3.63, 3.8) is 0 Å². The van der Waals surface area contributed by atoms with E-state index in [9.17, 15) is 0 Å². The molecule has 0 atom stereocenters. The first-order valence-electron chi connectivity index (χ1n) is 9.61. The van der Waals surface area contributed by atoms with E-state index < -0.39 is 0 Å². The molecule has 0 radical (unpaired) electrons. The Morgan fingerprint density at radius 3 is 2.76 bits per heavy atom. The first-order valence-corrected chi connectivity index (χ1v) is 10.0. The van der Waals surface area contributed by atoms with E-state index in [1.165, 1.54) is 0 Å². The quantitative estimate of drug-likeness (QED) is 0.661. The molecule has 2 aromatic heterocycles. The van der Waals surface area contributed by atoms with Gasteiger partial charge in [-0.25, -0.2) is 9.97 Å². The van der Waals surface area contributed by atoms with Crippen molar-refractivity contribution in [2.45, 2.75) is 13.5 Å². The number of fused-ring (bicyclic) bond motifs is 1. The van der Waals surface area contributed by atoms with Crippen LogP contribution in [0.5, 0.6) is 5.75 Å². The van der Waals surface area contributed by atoms with Crippen molar-refractivity contribution in [3.8, 4) is 5.75 Å². The van der Waals surface area contributed by atoms with Gasteiger partial charge >= 0.3 is 0 Å². The highest BCUT2D eigenvalue weighted by Gasteiger charge is 2.22. The molecule has 0 aliphatic carbocycles. The molecule has 1 aliphatic rings. The number of thiocarbonyl (C=S) groups is 1. The van der Waals surface area contributed by atoms with E-state index in [-0.39, 0.29) is 0 Å². The van der Waals surface area contributed by atoms with Gasteiger partial charge < -0.3 is 19.9 Å². The molecule has 3 aromatic rings. The maximum Gasteiger partial charge on any atom is 0.169 e. The van der Waals surface area contributed by atoms with Gasteiger partial charge in [-0.2, -0.15) is 0 Å². The SMILES string of the molecule is COc1cc2c(N3CCN(C(=S)NCc4cccnc4)CC3)ncnc2cc1C. The number of anilines is 1. The second kappa shape index (κ2) is 8.57. The highest BCUT2D eigenvalue weighted by Crippen LogP contribution is 2.30. The Hall–Kier alpha value is -3.00. The Balaban J connectivity index is 1.42. The number of hydrogen-bond donors (Lipinski definition) is 1. The number of hydrogen-bond acceptors (Lipinski definition) is 6. The van der Waals surface area contributed by atoms with Gasteiger partial charge in [-0.1, -0.05) is 6.07 Å². The van der Waals surface area contributed by atoms with Crippen LogP contribution in [-0.4, -0.2) is 58.3 Å². The van der Waals surface area contributed by atoms with Crippen LogP contribution in [0.15, 0.2) is 43.0 Å². The zero-order chi connectivity index (χ0) is 20.2. The zero-order valence-corrected chi connectivity index (χ0v) is 17.4. The number of pyridine rings is 1. The van der Waals surface area contributed by atoms with Gasteiger partial charge in [0.05, 0.1) is 12.6 Å². The topological polar surface area (TPSA) is 66.4 Å². The molecule has 0 bridgehead atoms. The molecule has 1 N–H and O–H groups in total. The van der Waals surface area contributed by atoms with E-state index in [1.54, 1.807) is 19.6 Å². The number of nitrogens with zero attached hydrogens (tertiary/aromatic N) is 5. The number of ether oxygens (including phenoxy) is 1. The van der Waals surface area contributed by atoms with Crippen LogP contribution in [0.4, 0.5) is 5.82 Å². The van der Waals surface area contributed by atoms with Gasteiger partial charge in [0, 0.05) is 50.5 Å². The Morgan fingerprint density at radius 2 is 2.03 bits per heavy atom. The molecular formula is C21H24N6OS. The van der Waals surface area contributed by atoms with Gasteiger partial charge in [0.15, 0.2) is 5.11 Å². The van der Waals surface area contributed by atoms with E-state index in [0.717, 1.165) is 64.9 Å². The average Bonchev–Trinajstić information content (AvgIpc) is 2.77. The smallest absolute Gasteiger partial charge is 0.169 e. The minimum absolute atomic E-state index is 0.683. The lowest BCUT2D eigenvalue weighted by molar-refractivity contribution is 0.379. The van der Waals surface area contributed by atoms with Crippen molar-refractivity contribution in [1.82, 2.24) is 25.2 Å². The molecule has 4 rings (SSSR count). The van der Waals surface area contributed by atoms with E-state index in [1.807, 2.05) is 37.4 Å². The molecular weight excluding hydrogens is 384 g/mol. The molecule has 1 fully saturated rings. The molecule has 8 heteroatoms. The number of nitrogens with one attached hydrogen (secondary N) is 1. The van der Waals surface area contributed by atoms with Crippen molar-refractivity contribution in [3.05, 3.63) is 54.1 Å². The van der Waals surface area contributed by atoms with E-state index >= 15 is 0 Å². The number of piperazine rings is 1. The molecule has 1 saturated heterocycles. The Bertz CT molecular complexity index is 1000. The van der Waals surface area contributed by atoms with Crippen molar-refractivity contribution in [2.24, 2.45) is 0 Å². The van der Waals surface area contributed by atoms with Crippen LogP contribution in [0.3, 0.4) is 0 Å². The molecule has 1 aromatic carbocycles. The molecule has 29 heavy (non-hydrogen) atoms. The summed E-state index contributed by atoms with van der Waals surface area (Å²) in [6, 6.07) is 8.05. The van der Waals surface area contributed by atoms with Crippen LogP contribution >= 0.6 is 12.2 Å². The minimum Gasteiger partial charge on any atom is -0.496 e. The van der Waals surface area contributed by atoms with E-state index in [2.05, 4.69) is 30.1 Å². The standard InChI is InChI=1S/C21H24N6OS/c1-15-10-18-17(11-19(15)28-2)20(25-14-24-18)26-6-8-27(9-7-26)21(29)23-13-16-4-3-5-22-12-16/h3-5,10-12,14H,6-9,13H2,1-2H3,(H,23,29). The van der Waals surface area contributed by atoms with Crippen molar-refractivity contribution in [1.29, 1.82) is 0 Å². The van der Waals surface area contributed by atoms with Crippen LogP contribution < -0.4 is 15.0 Å². The minimum atomic E-state index is 0.683. The Kier molecular flexibility index (Phi) is 5.71. The first-order chi connectivity index (χ1) is 14.2. The van der Waals surface area contributed by atoms with Crippen LogP contribution in [0.1, 0.15) is 11.1 Å². The summed E-state index contributed by atoms with van der Waals surface area (Å²) >= 11 is 5.59. The van der Waals surface area contributed by atoms with Gasteiger partial charge in [-0.3, -0.25) is 4.98 Å². The molecule has 0 amide bonds. The monoisotopic (exact) mass is 408 g/mol. The predicted molar refractivity (Wildman–Crippen MR) is 118 cm³/mol. The van der Waals surface area contributed by atoms with Gasteiger partial charge in [0.2, 0.25) is 0 Å². The third kappa shape index (κ3) is 4.22. The molecule has 150 valence electrons. The highest BCUT2D eigenvalue weighted by atomic mass is 32.1. The van der Waals surface area contributed by atoms with Crippen LogP contribution in [0.2, 0.25) is 0 Å². The molecule has 7 nitrogen and oxygen atoms in total. The summed E-state index contributed by atoms with van der Waals surface area (Å²) in [4.78, 5) is 17.6. The van der Waals surface area contributed by atoms with Crippen LogP contribution in [0.25, 0.3) is 10.9 Å². The lowest BCUT2D eigenvalue weighted by Crippen LogP contribution is -2.51. The van der Waals surface area contributed by atoms with Crippen molar-refractivity contribution >= 4 is 34.1 Å². The van der Waals surface area contributed by atoms with E-state index in [0.29, 0.717) is 6.54 Å².